The number of amides is 1. The van der Waals surface area contributed by atoms with E-state index in [2.05, 4.69) is 5.32 Å². The van der Waals surface area contributed by atoms with Gasteiger partial charge in [0.25, 0.3) is 0 Å². The summed E-state index contributed by atoms with van der Waals surface area (Å²) in [6, 6.07) is 6.51. The third kappa shape index (κ3) is 3.92. The van der Waals surface area contributed by atoms with Crippen molar-refractivity contribution in [1.29, 1.82) is 0 Å². The number of carbonyl (C=O) groups excluding carboxylic acids is 1. The van der Waals surface area contributed by atoms with Crippen LogP contribution in [0.5, 0.6) is 5.75 Å². The van der Waals surface area contributed by atoms with Gasteiger partial charge in [0.05, 0.1) is 6.54 Å². The number of nitrogens with zero attached hydrogens (tertiary/aromatic N) is 1. The maximum absolute atomic E-state index is 13.4. The van der Waals surface area contributed by atoms with Crippen LogP contribution in [0, 0.1) is 5.82 Å². The number of ether oxygens (including phenoxy) is 1. The fourth-order valence-corrected chi connectivity index (χ4v) is 2.02. The van der Waals surface area contributed by atoms with E-state index in [0.717, 1.165) is 0 Å². The van der Waals surface area contributed by atoms with Gasteiger partial charge in [0.15, 0.2) is 11.6 Å². The summed E-state index contributed by atoms with van der Waals surface area (Å²) in [5.41, 5.74) is 0. The van der Waals surface area contributed by atoms with Crippen LogP contribution in [0.25, 0.3) is 0 Å². The van der Waals surface area contributed by atoms with Crippen molar-refractivity contribution in [3.05, 3.63) is 30.1 Å². The molecule has 0 unspecified atom stereocenters. The van der Waals surface area contributed by atoms with Crippen LogP contribution in [0.4, 0.5) is 4.39 Å². The van der Waals surface area contributed by atoms with Gasteiger partial charge >= 0.3 is 0 Å². The number of rotatable bonds is 5. The van der Waals surface area contributed by atoms with Crippen LogP contribution in [-0.4, -0.2) is 42.6 Å². The Morgan fingerprint density at radius 1 is 1.47 bits per heavy atom. The summed E-state index contributed by atoms with van der Waals surface area (Å²) < 4.78 is 18.9. The first-order valence-electron chi connectivity index (χ1n) is 6.47. The van der Waals surface area contributed by atoms with Crippen molar-refractivity contribution in [2.75, 3.05) is 19.6 Å². The fraction of sp³-hybridized carbons (Fsp3) is 0.500. The first-order chi connectivity index (χ1) is 9.04. The van der Waals surface area contributed by atoms with Crippen LogP contribution in [0.15, 0.2) is 24.3 Å². The van der Waals surface area contributed by atoms with Crippen molar-refractivity contribution in [3.63, 3.8) is 0 Å². The SMILES string of the molecule is CC(C)NC(=O)CN1CC(Oc2ccccc2F)C1. The maximum Gasteiger partial charge on any atom is 0.234 e. The average molecular weight is 266 g/mol. The Bertz CT molecular complexity index is 445. The van der Waals surface area contributed by atoms with Gasteiger partial charge in [0.1, 0.15) is 6.10 Å². The van der Waals surface area contributed by atoms with Gasteiger partial charge in [-0.1, -0.05) is 12.1 Å². The number of carbonyl (C=O) groups is 1. The molecule has 1 heterocycles. The molecule has 1 aliphatic rings. The number of halogens is 1. The second kappa shape index (κ2) is 6.02. The predicted molar refractivity (Wildman–Crippen MR) is 70.5 cm³/mol. The van der Waals surface area contributed by atoms with E-state index >= 15 is 0 Å². The molecule has 1 aromatic carbocycles. The molecule has 1 aliphatic heterocycles. The zero-order valence-electron chi connectivity index (χ0n) is 11.2. The summed E-state index contributed by atoms with van der Waals surface area (Å²) in [5.74, 6) is -0.0587. The summed E-state index contributed by atoms with van der Waals surface area (Å²) in [6.07, 6.45) is -0.0382. The minimum Gasteiger partial charge on any atom is -0.485 e. The first kappa shape index (κ1) is 13.8. The summed E-state index contributed by atoms with van der Waals surface area (Å²) in [4.78, 5) is 13.5. The highest BCUT2D eigenvalue weighted by Crippen LogP contribution is 2.20. The van der Waals surface area contributed by atoms with Crippen LogP contribution in [0.2, 0.25) is 0 Å². The minimum absolute atomic E-state index is 0.0133. The molecule has 19 heavy (non-hydrogen) atoms. The second-order valence-corrected chi connectivity index (χ2v) is 5.09. The summed E-state index contributed by atoms with van der Waals surface area (Å²) in [6.45, 7) is 5.53. The van der Waals surface area contributed by atoms with Crippen LogP contribution < -0.4 is 10.1 Å². The molecule has 4 nitrogen and oxygen atoms in total. The molecule has 0 saturated carbocycles. The topological polar surface area (TPSA) is 41.6 Å². The van der Waals surface area contributed by atoms with Crippen molar-refractivity contribution < 1.29 is 13.9 Å². The monoisotopic (exact) mass is 266 g/mol. The molecule has 1 aromatic rings. The third-order valence-corrected chi connectivity index (χ3v) is 2.87. The molecule has 5 heteroatoms. The van der Waals surface area contributed by atoms with Crippen molar-refractivity contribution in [2.24, 2.45) is 0 Å². The van der Waals surface area contributed by atoms with Gasteiger partial charge in [0, 0.05) is 19.1 Å². The third-order valence-electron chi connectivity index (χ3n) is 2.87. The molecule has 0 spiro atoms. The second-order valence-electron chi connectivity index (χ2n) is 5.09. The molecule has 1 fully saturated rings. The standard InChI is InChI=1S/C14H19FN2O2/c1-10(2)16-14(18)9-17-7-11(8-17)19-13-6-4-3-5-12(13)15/h3-6,10-11H,7-9H2,1-2H3,(H,16,18). The quantitative estimate of drug-likeness (QED) is 0.876. The smallest absolute Gasteiger partial charge is 0.234 e. The van der Waals surface area contributed by atoms with E-state index in [9.17, 15) is 9.18 Å². The first-order valence-corrected chi connectivity index (χ1v) is 6.47. The van der Waals surface area contributed by atoms with E-state index < -0.39 is 0 Å². The molecular weight excluding hydrogens is 247 g/mol. The lowest BCUT2D eigenvalue weighted by Crippen LogP contribution is -2.56. The fourth-order valence-electron chi connectivity index (χ4n) is 2.02. The predicted octanol–water partition coefficient (Wildman–Crippen LogP) is 1.41. The highest BCUT2D eigenvalue weighted by Gasteiger charge is 2.30. The summed E-state index contributed by atoms with van der Waals surface area (Å²) in [7, 11) is 0. The lowest BCUT2D eigenvalue weighted by Gasteiger charge is -2.38. The van der Waals surface area contributed by atoms with Gasteiger partial charge in [-0.15, -0.1) is 0 Å². The molecule has 0 aliphatic carbocycles. The van der Waals surface area contributed by atoms with Gasteiger partial charge in [-0.3, -0.25) is 9.69 Å². The van der Waals surface area contributed by atoms with Crippen LogP contribution in [0.1, 0.15) is 13.8 Å². The number of nitrogens with one attached hydrogen (secondary N) is 1. The van der Waals surface area contributed by atoms with Gasteiger partial charge in [-0.05, 0) is 26.0 Å². The van der Waals surface area contributed by atoms with E-state index in [0.29, 0.717) is 19.6 Å². The lowest BCUT2D eigenvalue weighted by atomic mass is 10.1. The highest BCUT2D eigenvalue weighted by atomic mass is 19.1. The molecule has 1 amide bonds. The van der Waals surface area contributed by atoms with E-state index in [1.807, 2.05) is 18.7 Å². The molecule has 0 aromatic heterocycles. The molecule has 2 rings (SSSR count). The maximum atomic E-state index is 13.4. The number of para-hydroxylation sites is 1. The zero-order valence-corrected chi connectivity index (χ0v) is 11.2. The van der Waals surface area contributed by atoms with E-state index in [-0.39, 0.29) is 29.6 Å². The molecule has 0 radical (unpaired) electrons. The van der Waals surface area contributed by atoms with Crippen LogP contribution in [-0.2, 0) is 4.79 Å². The Kier molecular flexibility index (Phi) is 4.37. The van der Waals surface area contributed by atoms with Crippen LogP contribution in [0.3, 0.4) is 0 Å². The number of likely N-dealkylation sites (tertiary alicyclic amines) is 1. The Morgan fingerprint density at radius 2 is 2.16 bits per heavy atom. The molecule has 0 bridgehead atoms. The van der Waals surface area contributed by atoms with E-state index in [1.54, 1.807) is 18.2 Å². The van der Waals surface area contributed by atoms with Crippen LogP contribution >= 0.6 is 0 Å². The lowest BCUT2D eigenvalue weighted by molar-refractivity contribution is -0.125. The van der Waals surface area contributed by atoms with Gasteiger partial charge in [-0.25, -0.2) is 4.39 Å². The largest absolute Gasteiger partial charge is 0.485 e. The normalized spacial score (nSPS) is 16.2. The number of benzene rings is 1. The average Bonchev–Trinajstić information content (AvgIpc) is 2.27. The molecule has 104 valence electrons. The van der Waals surface area contributed by atoms with Crippen molar-refractivity contribution >= 4 is 5.91 Å². The van der Waals surface area contributed by atoms with Gasteiger partial charge < -0.3 is 10.1 Å². The van der Waals surface area contributed by atoms with Crippen molar-refractivity contribution in [2.45, 2.75) is 26.0 Å². The molecule has 0 atom stereocenters. The Labute approximate surface area is 112 Å². The zero-order chi connectivity index (χ0) is 13.8. The number of hydrogen-bond donors (Lipinski definition) is 1. The van der Waals surface area contributed by atoms with E-state index in [4.69, 9.17) is 4.74 Å². The van der Waals surface area contributed by atoms with Gasteiger partial charge in [-0.2, -0.15) is 0 Å². The van der Waals surface area contributed by atoms with Gasteiger partial charge in [0.2, 0.25) is 5.91 Å². The minimum atomic E-state index is -0.349. The Morgan fingerprint density at radius 3 is 2.79 bits per heavy atom. The molecule has 1 N–H and O–H groups in total. The summed E-state index contributed by atoms with van der Waals surface area (Å²) in [5, 5.41) is 2.83. The Hall–Kier alpha value is -1.62. The Balaban J connectivity index is 1.72. The summed E-state index contributed by atoms with van der Waals surface area (Å²) >= 11 is 0. The van der Waals surface area contributed by atoms with Crippen molar-refractivity contribution in [3.8, 4) is 5.75 Å². The van der Waals surface area contributed by atoms with E-state index in [1.165, 1.54) is 6.07 Å². The molecular formula is C14H19FN2O2. The highest BCUT2D eigenvalue weighted by molar-refractivity contribution is 5.78. The number of hydrogen-bond acceptors (Lipinski definition) is 3. The van der Waals surface area contributed by atoms with Crippen molar-refractivity contribution in [1.82, 2.24) is 10.2 Å². The molecule has 1 saturated heterocycles.